The Labute approximate surface area is 152 Å². The summed E-state index contributed by atoms with van der Waals surface area (Å²) in [5.74, 6) is 0.283. The van der Waals surface area contributed by atoms with Crippen LogP contribution in [0.3, 0.4) is 0 Å². The minimum atomic E-state index is -0.260. The van der Waals surface area contributed by atoms with Gasteiger partial charge in [-0.15, -0.1) is 0 Å². The Balaban J connectivity index is 1.89. The Bertz CT molecular complexity index is 1030. The lowest BCUT2D eigenvalue weighted by Crippen LogP contribution is -2.22. The lowest BCUT2D eigenvalue weighted by atomic mass is 9.83. The van der Waals surface area contributed by atoms with Crippen LogP contribution in [0.5, 0.6) is 11.5 Å². The third-order valence-electron chi connectivity index (χ3n) is 4.11. The number of fused-ring (bicyclic) bond motifs is 2. The van der Waals surface area contributed by atoms with Gasteiger partial charge in [-0.3, -0.25) is 9.59 Å². The van der Waals surface area contributed by atoms with E-state index in [0.717, 1.165) is 4.47 Å². The van der Waals surface area contributed by atoms with Crippen molar-refractivity contribution in [2.75, 3.05) is 5.73 Å². The predicted molar refractivity (Wildman–Crippen MR) is 98.4 cm³/mol. The first-order valence-electron chi connectivity index (χ1n) is 7.60. The molecule has 0 radical (unpaired) electrons. The fourth-order valence-corrected chi connectivity index (χ4v) is 3.17. The zero-order chi connectivity index (χ0) is 17.6. The van der Waals surface area contributed by atoms with Crippen LogP contribution in [0.25, 0.3) is 0 Å². The van der Waals surface area contributed by atoms with Gasteiger partial charge in [-0.1, -0.05) is 40.2 Å². The number of carbonyl (C=O) groups is 2. The first-order valence-corrected chi connectivity index (χ1v) is 8.40. The average molecular weight is 394 g/mol. The van der Waals surface area contributed by atoms with E-state index >= 15 is 0 Å². The van der Waals surface area contributed by atoms with Crippen LogP contribution in [-0.2, 0) is 0 Å². The topological polar surface area (TPSA) is 69.4 Å². The molecule has 5 heteroatoms. The monoisotopic (exact) mass is 393 g/mol. The third kappa shape index (κ3) is 2.53. The number of hydrogen-bond donors (Lipinski definition) is 1. The normalized spacial score (nSPS) is 12.5. The molecule has 1 aliphatic rings. The smallest absolute Gasteiger partial charge is 0.198 e. The summed E-state index contributed by atoms with van der Waals surface area (Å²) < 4.78 is 6.78. The largest absolute Gasteiger partial charge is 0.454 e. The quantitative estimate of drug-likeness (QED) is 0.505. The Morgan fingerprint density at radius 3 is 2.08 bits per heavy atom. The molecule has 0 unspecified atom stereocenters. The van der Waals surface area contributed by atoms with Gasteiger partial charge in [0.05, 0.1) is 11.3 Å². The number of halogens is 1. The van der Waals surface area contributed by atoms with Crippen molar-refractivity contribution in [1.29, 1.82) is 0 Å². The molecule has 3 aromatic carbocycles. The molecule has 0 amide bonds. The van der Waals surface area contributed by atoms with E-state index in [9.17, 15) is 9.59 Å². The van der Waals surface area contributed by atoms with Crippen molar-refractivity contribution in [2.24, 2.45) is 0 Å². The molecule has 4 rings (SSSR count). The zero-order valence-electron chi connectivity index (χ0n) is 13.0. The van der Waals surface area contributed by atoms with Gasteiger partial charge in [0, 0.05) is 21.2 Å². The van der Waals surface area contributed by atoms with E-state index in [1.807, 2.05) is 12.1 Å². The van der Waals surface area contributed by atoms with Crippen molar-refractivity contribution < 1.29 is 14.3 Å². The first-order chi connectivity index (χ1) is 12.1. The van der Waals surface area contributed by atoms with Gasteiger partial charge >= 0.3 is 0 Å². The van der Waals surface area contributed by atoms with E-state index in [2.05, 4.69) is 15.9 Å². The van der Waals surface area contributed by atoms with Gasteiger partial charge < -0.3 is 10.5 Å². The third-order valence-corrected chi connectivity index (χ3v) is 4.64. The molecular formula is C20H12BrNO3. The fourth-order valence-electron chi connectivity index (χ4n) is 2.90. The van der Waals surface area contributed by atoms with Crippen LogP contribution >= 0.6 is 15.9 Å². The molecule has 0 bridgehead atoms. The van der Waals surface area contributed by atoms with Crippen molar-refractivity contribution in [3.8, 4) is 11.5 Å². The van der Waals surface area contributed by atoms with Crippen molar-refractivity contribution in [2.45, 2.75) is 0 Å². The Morgan fingerprint density at radius 2 is 1.40 bits per heavy atom. The van der Waals surface area contributed by atoms with Gasteiger partial charge in [0.25, 0.3) is 0 Å². The Kier molecular flexibility index (Phi) is 3.66. The highest BCUT2D eigenvalue weighted by molar-refractivity contribution is 9.10. The molecule has 0 fully saturated rings. The van der Waals surface area contributed by atoms with Crippen molar-refractivity contribution in [1.82, 2.24) is 0 Å². The van der Waals surface area contributed by atoms with Crippen LogP contribution in [-0.4, -0.2) is 11.6 Å². The second kappa shape index (κ2) is 5.86. The maximum atomic E-state index is 13.0. The van der Waals surface area contributed by atoms with E-state index in [0.29, 0.717) is 28.1 Å². The standard InChI is InChI=1S/C20H12BrNO3/c21-11-5-7-12(8-6-11)25-20-16(22)10-9-15-17(20)19(24)14-4-2-1-3-13(14)18(15)23/h1-10H,22H2. The molecule has 25 heavy (non-hydrogen) atoms. The summed E-state index contributed by atoms with van der Waals surface area (Å²) in [5, 5.41) is 0. The number of nitrogens with two attached hydrogens (primary N) is 1. The maximum absolute atomic E-state index is 13.0. The number of ketones is 2. The highest BCUT2D eigenvalue weighted by atomic mass is 79.9. The first kappa shape index (κ1) is 15.6. The van der Waals surface area contributed by atoms with Gasteiger partial charge in [0.15, 0.2) is 17.3 Å². The van der Waals surface area contributed by atoms with E-state index in [4.69, 9.17) is 10.5 Å². The summed E-state index contributed by atoms with van der Waals surface area (Å²) in [6.45, 7) is 0. The number of benzene rings is 3. The van der Waals surface area contributed by atoms with Crippen LogP contribution in [0, 0.1) is 0 Å². The molecule has 2 N–H and O–H groups in total. The summed E-state index contributed by atoms with van der Waals surface area (Å²) >= 11 is 3.36. The van der Waals surface area contributed by atoms with Crippen molar-refractivity contribution >= 4 is 33.2 Å². The fraction of sp³-hybridized carbons (Fsp3) is 0. The van der Waals surface area contributed by atoms with Crippen LogP contribution in [0.1, 0.15) is 31.8 Å². The minimum absolute atomic E-state index is 0.203. The van der Waals surface area contributed by atoms with E-state index < -0.39 is 0 Å². The van der Waals surface area contributed by atoms with Gasteiger partial charge in [-0.25, -0.2) is 0 Å². The van der Waals surface area contributed by atoms with E-state index in [1.165, 1.54) is 0 Å². The summed E-state index contributed by atoms with van der Waals surface area (Å²) in [5.41, 5.74) is 7.65. The number of carbonyl (C=O) groups excluding carboxylic acids is 2. The van der Waals surface area contributed by atoms with E-state index in [1.54, 1.807) is 48.5 Å². The number of rotatable bonds is 2. The Hall–Kier alpha value is -2.92. The highest BCUT2D eigenvalue weighted by Gasteiger charge is 2.33. The lowest BCUT2D eigenvalue weighted by molar-refractivity contribution is 0.0977. The molecule has 3 aromatic rings. The van der Waals surface area contributed by atoms with Gasteiger partial charge in [-0.05, 0) is 36.4 Å². The van der Waals surface area contributed by atoms with Crippen LogP contribution in [0.4, 0.5) is 5.69 Å². The molecule has 122 valence electrons. The second-order valence-electron chi connectivity index (χ2n) is 5.67. The number of ether oxygens (including phenoxy) is 1. The molecule has 4 nitrogen and oxygen atoms in total. The second-order valence-corrected chi connectivity index (χ2v) is 6.58. The predicted octanol–water partition coefficient (Wildman–Crippen LogP) is 4.60. The molecule has 0 aliphatic heterocycles. The van der Waals surface area contributed by atoms with Gasteiger partial charge in [0.2, 0.25) is 0 Å². The van der Waals surface area contributed by atoms with Crippen molar-refractivity contribution in [3.05, 3.63) is 87.4 Å². The summed E-state index contributed by atoms with van der Waals surface area (Å²) in [4.78, 5) is 25.7. The maximum Gasteiger partial charge on any atom is 0.198 e. The molecule has 1 aliphatic carbocycles. The number of anilines is 1. The molecule has 0 spiro atoms. The zero-order valence-corrected chi connectivity index (χ0v) is 14.5. The molecular weight excluding hydrogens is 382 g/mol. The Morgan fingerprint density at radius 1 is 0.760 bits per heavy atom. The van der Waals surface area contributed by atoms with Crippen molar-refractivity contribution in [3.63, 3.8) is 0 Å². The summed E-state index contributed by atoms with van der Waals surface area (Å²) in [6, 6.07) is 17.1. The van der Waals surface area contributed by atoms with Gasteiger partial charge in [0.1, 0.15) is 5.75 Å². The molecule has 0 aromatic heterocycles. The summed E-state index contributed by atoms with van der Waals surface area (Å²) in [6.07, 6.45) is 0. The highest BCUT2D eigenvalue weighted by Crippen LogP contribution is 2.39. The van der Waals surface area contributed by atoms with Crippen LogP contribution in [0.15, 0.2) is 65.1 Å². The minimum Gasteiger partial charge on any atom is -0.454 e. The van der Waals surface area contributed by atoms with Crippen LogP contribution in [0.2, 0.25) is 0 Å². The lowest BCUT2D eigenvalue weighted by Gasteiger charge is -2.21. The number of hydrogen-bond acceptors (Lipinski definition) is 4. The molecule has 0 saturated carbocycles. The van der Waals surface area contributed by atoms with Crippen LogP contribution < -0.4 is 10.5 Å². The molecule has 0 saturated heterocycles. The summed E-state index contributed by atoms with van der Waals surface area (Å²) in [7, 11) is 0. The molecule has 0 atom stereocenters. The SMILES string of the molecule is Nc1ccc2c(c1Oc1ccc(Br)cc1)C(=O)c1ccccc1C2=O. The molecule has 0 heterocycles. The number of nitrogen functional groups attached to an aromatic ring is 1. The van der Waals surface area contributed by atoms with Gasteiger partial charge in [-0.2, -0.15) is 0 Å². The average Bonchev–Trinajstić information content (AvgIpc) is 2.63. The van der Waals surface area contributed by atoms with E-state index in [-0.39, 0.29) is 22.9 Å².